The Bertz CT molecular complexity index is 1110. The molecule has 0 unspecified atom stereocenters. The zero-order chi connectivity index (χ0) is 23.2. The number of ether oxygens (including phenoxy) is 2. The van der Waals surface area contributed by atoms with Crippen molar-refractivity contribution in [3.8, 4) is 5.75 Å². The van der Waals surface area contributed by atoms with Crippen LogP contribution in [0.3, 0.4) is 0 Å². The van der Waals surface area contributed by atoms with E-state index in [-0.39, 0.29) is 12.5 Å². The second-order valence-corrected chi connectivity index (χ2v) is 8.56. The van der Waals surface area contributed by atoms with Crippen molar-refractivity contribution < 1.29 is 14.3 Å². The second kappa shape index (κ2) is 10.6. The Kier molecular flexibility index (Phi) is 7.42. The SMILES string of the molecule is Cc1cc(C)c(OCC(=O)N(CCN2CCOCC2)N=Cc2ccc3cc[nH]c3c2)c(C)c1. The fraction of sp³-hybridized carbons (Fsp3) is 0.385. The number of morpholine rings is 1. The van der Waals surface area contributed by atoms with Crippen LogP contribution in [0.4, 0.5) is 0 Å². The summed E-state index contributed by atoms with van der Waals surface area (Å²) in [6.07, 6.45) is 3.65. The topological polar surface area (TPSA) is 70.2 Å². The van der Waals surface area contributed by atoms with Crippen molar-refractivity contribution in [2.75, 3.05) is 46.0 Å². The van der Waals surface area contributed by atoms with Gasteiger partial charge in [-0.25, -0.2) is 5.01 Å². The second-order valence-electron chi connectivity index (χ2n) is 8.56. The Balaban J connectivity index is 1.46. The molecule has 1 N–H and O–H groups in total. The highest BCUT2D eigenvalue weighted by molar-refractivity contribution is 5.89. The number of hydrogen-bond donors (Lipinski definition) is 1. The summed E-state index contributed by atoms with van der Waals surface area (Å²) in [5.41, 5.74) is 5.21. The first-order valence-corrected chi connectivity index (χ1v) is 11.4. The van der Waals surface area contributed by atoms with E-state index < -0.39 is 0 Å². The fourth-order valence-corrected chi connectivity index (χ4v) is 4.19. The van der Waals surface area contributed by atoms with E-state index in [0.717, 1.165) is 66.2 Å². The molecule has 33 heavy (non-hydrogen) atoms. The van der Waals surface area contributed by atoms with Crippen molar-refractivity contribution in [1.82, 2.24) is 14.9 Å². The van der Waals surface area contributed by atoms with Gasteiger partial charge < -0.3 is 14.5 Å². The van der Waals surface area contributed by atoms with Gasteiger partial charge in [0.1, 0.15) is 5.75 Å². The Hall–Kier alpha value is -3.16. The van der Waals surface area contributed by atoms with E-state index >= 15 is 0 Å². The highest BCUT2D eigenvalue weighted by Gasteiger charge is 2.18. The van der Waals surface area contributed by atoms with Gasteiger partial charge in [0.05, 0.1) is 26.0 Å². The molecule has 3 aromatic rings. The van der Waals surface area contributed by atoms with E-state index in [1.807, 2.05) is 44.3 Å². The Morgan fingerprint density at radius 2 is 1.91 bits per heavy atom. The van der Waals surface area contributed by atoms with Crippen molar-refractivity contribution in [2.24, 2.45) is 5.10 Å². The maximum atomic E-state index is 13.1. The smallest absolute Gasteiger partial charge is 0.280 e. The van der Waals surface area contributed by atoms with Crippen LogP contribution in [0.5, 0.6) is 5.75 Å². The summed E-state index contributed by atoms with van der Waals surface area (Å²) in [7, 11) is 0. The first kappa shape index (κ1) is 23.0. The minimum atomic E-state index is -0.167. The third kappa shape index (κ3) is 6.00. The van der Waals surface area contributed by atoms with Crippen LogP contribution in [0.2, 0.25) is 0 Å². The number of hydrazone groups is 1. The highest BCUT2D eigenvalue weighted by atomic mass is 16.5. The van der Waals surface area contributed by atoms with Gasteiger partial charge in [-0.2, -0.15) is 5.10 Å². The van der Waals surface area contributed by atoms with E-state index in [4.69, 9.17) is 9.47 Å². The van der Waals surface area contributed by atoms with Crippen LogP contribution in [0.15, 0.2) is 47.7 Å². The summed E-state index contributed by atoms with van der Waals surface area (Å²) in [6.45, 7) is 10.4. The third-order valence-electron chi connectivity index (χ3n) is 5.89. The van der Waals surface area contributed by atoms with Gasteiger partial charge in [0.15, 0.2) is 6.61 Å². The van der Waals surface area contributed by atoms with Gasteiger partial charge >= 0.3 is 0 Å². The van der Waals surface area contributed by atoms with Gasteiger partial charge in [-0.1, -0.05) is 29.8 Å². The number of rotatable bonds is 8. The monoisotopic (exact) mass is 448 g/mol. The lowest BCUT2D eigenvalue weighted by molar-refractivity contribution is -0.133. The van der Waals surface area contributed by atoms with Crippen LogP contribution >= 0.6 is 0 Å². The molecule has 174 valence electrons. The summed E-state index contributed by atoms with van der Waals surface area (Å²) in [6, 6.07) is 12.2. The Morgan fingerprint density at radius 3 is 2.67 bits per heavy atom. The summed E-state index contributed by atoms with van der Waals surface area (Å²) in [4.78, 5) is 18.6. The molecule has 1 amide bonds. The molecule has 0 bridgehead atoms. The lowest BCUT2D eigenvalue weighted by Gasteiger charge is -2.28. The predicted molar refractivity (Wildman–Crippen MR) is 131 cm³/mol. The number of carbonyl (C=O) groups excluding carboxylic acids is 1. The van der Waals surface area contributed by atoms with Crippen molar-refractivity contribution >= 4 is 23.0 Å². The minimum Gasteiger partial charge on any atom is -0.483 e. The zero-order valence-electron chi connectivity index (χ0n) is 19.6. The molecular formula is C26H32N4O3. The van der Waals surface area contributed by atoms with Crippen LogP contribution in [0.25, 0.3) is 10.9 Å². The van der Waals surface area contributed by atoms with Crippen LogP contribution in [-0.4, -0.2) is 73.0 Å². The molecule has 0 saturated carbocycles. The number of benzene rings is 2. The average molecular weight is 449 g/mol. The Morgan fingerprint density at radius 1 is 1.15 bits per heavy atom. The quantitative estimate of drug-likeness (QED) is 0.422. The van der Waals surface area contributed by atoms with Crippen molar-refractivity contribution in [1.29, 1.82) is 0 Å². The maximum Gasteiger partial charge on any atom is 0.280 e. The molecule has 7 nitrogen and oxygen atoms in total. The zero-order valence-corrected chi connectivity index (χ0v) is 19.6. The molecule has 0 atom stereocenters. The van der Waals surface area contributed by atoms with E-state index in [2.05, 4.69) is 34.0 Å². The standard InChI is InChI=1S/C26H32N4O3/c1-19-14-20(2)26(21(3)15-19)33-18-25(31)30(9-8-29-10-12-32-13-11-29)28-17-22-4-5-23-6-7-27-24(23)16-22/h4-7,14-17,27H,8-13,18H2,1-3H3. The van der Waals surface area contributed by atoms with Gasteiger partial charge in [-0.15, -0.1) is 0 Å². The first-order valence-electron chi connectivity index (χ1n) is 11.4. The largest absolute Gasteiger partial charge is 0.483 e. The molecule has 4 rings (SSSR count). The maximum absolute atomic E-state index is 13.1. The molecule has 1 aromatic heterocycles. The summed E-state index contributed by atoms with van der Waals surface area (Å²) in [5, 5.41) is 7.21. The average Bonchev–Trinajstić information content (AvgIpc) is 3.27. The number of aromatic amines is 1. The first-order chi connectivity index (χ1) is 16.0. The molecule has 0 radical (unpaired) electrons. The molecule has 1 aliphatic heterocycles. The number of aryl methyl sites for hydroxylation is 3. The van der Waals surface area contributed by atoms with Crippen molar-refractivity contribution in [3.05, 3.63) is 64.8 Å². The summed E-state index contributed by atoms with van der Waals surface area (Å²) in [5.74, 6) is 0.600. The van der Waals surface area contributed by atoms with Crippen LogP contribution in [-0.2, 0) is 9.53 Å². The van der Waals surface area contributed by atoms with Gasteiger partial charge in [0.25, 0.3) is 5.91 Å². The van der Waals surface area contributed by atoms with Crippen molar-refractivity contribution in [2.45, 2.75) is 20.8 Å². The van der Waals surface area contributed by atoms with Crippen LogP contribution in [0, 0.1) is 20.8 Å². The molecule has 0 spiro atoms. The van der Waals surface area contributed by atoms with E-state index in [9.17, 15) is 4.79 Å². The molecule has 7 heteroatoms. The van der Waals surface area contributed by atoms with E-state index in [1.54, 1.807) is 6.21 Å². The number of amides is 1. The predicted octanol–water partition coefficient (Wildman–Crippen LogP) is 3.67. The lowest BCUT2D eigenvalue weighted by Crippen LogP contribution is -2.42. The molecule has 2 heterocycles. The molecular weight excluding hydrogens is 416 g/mol. The van der Waals surface area contributed by atoms with E-state index in [1.165, 1.54) is 10.6 Å². The van der Waals surface area contributed by atoms with E-state index in [0.29, 0.717) is 6.54 Å². The number of hydrogen-bond acceptors (Lipinski definition) is 5. The van der Waals surface area contributed by atoms with Gasteiger partial charge in [0.2, 0.25) is 0 Å². The lowest BCUT2D eigenvalue weighted by atomic mass is 10.1. The molecule has 1 fully saturated rings. The normalized spacial score (nSPS) is 14.8. The Labute approximate surface area is 195 Å². The highest BCUT2D eigenvalue weighted by Crippen LogP contribution is 2.24. The van der Waals surface area contributed by atoms with Crippen LogP contribution in [0.1, 0.15) is 22.3 Å². The molecule has 0 aliphatic carbocycles. The third-order valence-corrected chi connectivity index (χ3v) is 5.89. The van der Waals surface area contributed by atoms with Gasteiger partial charge in [-0.05, 0) is 55.0 Å². The number of aromatic nitrogens is 1. The minimum absolute atomic E-state index is 0.0547. The number of nitrogens with one attached hydrogen (secondary N) is 1. The molecule has 1 aliphatic rings. The molecule has 2 aromatic carbocycles. The summed E-state index contributed by atoms with van der Waals surface area (Å²) >= 11 is 0. The number of fused-ring (bicyclic) bond motifs is 1. The van der Waals surface area contributed by atoms with Gasteiger partial charge in [-0.3, -0.25) is 9.69 Å². The van der Waals surface area contributed by atoms with Crippen LogP contribution < -0.4 is 4.74 Å². The fourth-order valence-electron chi connectivity index (χ4n) is 4.19. The number of carbonyl (C=O) groups is 1. The van der Waals surface area contributed by atoms with Crippen molar-refractivity contribution in [3.63, 3.8) is 0 Å². The number of nitrogens with zero attached hydrogens (tertiary/aromatic N) is 3. The number of H-pyrrole nitrogens is 1. The summed E-state index contributed by atoms with van der Waals surface area (Å²) < 4.78 is 11.4. The molecule has 1 saturated heterocycles. The van der Waals surface area contributed by atoms with Gasteiger partial charge in [0, 0.05) is 31.3 Å².